The molecule has 0 unspecified atom stereocenters. The summed E-state index contributed by atoms with van der Waals surface area (Å²) in [7, 11) is 1.64. The van der Waals surface area contributed by atoms with Crippen LogP contribution >= 0.6 is 0 Å². The largest absolute Gasteiger partial charge is 0.493 e. The van der Waals surface area contributed by atoms with Crippen molar-refractivity contribution < 1.29 is 9.47 Å². The maximum atomic E-state index is 7.72. The summed E-state index contributed by atoms with van der Waals surface area (Å²) >= 11 is 0. The molecule has 2 heterocycles. The fourth-order valence-corrected chi connectivity index (χ4v) is 4.66. The molecule has 1 aromatic heterocycles. The number of nitrogens with zero attached hydrogens (tertiary/aromatic N) is 3. The quantitative estimate of drug-likeness (QED) is 0.287. The van der Waals surface area contributed by atoms with Crippen LogP contribution in [0.2, 0.25) is 0 Å². The van der Waals surface area contributed by atoms with Gasteiger partial charge in [0.25, 0.3) is 0 Å². The first-order valence-corrected chi connectivity index (χ1v) is 12.1. The third-order valence-electron chi connectivity index (χ3n) is 6.84. The summed E-state index contributed by atoms with van der Waals surface area (Å²) < 4.78 is 12.1. The van der Waals surface area contributed by atoms with Crippen LogP contribution in [0.15, 0.2) is 67.5 Å². The molecular weight excluding hydrogens is 436 g/mol. The molecule has 2 aromatic carbocycles. The van der Waals surface area contributed by atoms with Gasteiger partial charge in [0.15, 0.2) is 11.5 Å². The van der Waals surface area contributed by atoms with Crippen molar-refractivity contribution in [2.24, 2.45) is 0 Å². The van der Waals surface area contributed by atoms with Crippen LogP contribution in [-0.2, 0) is 0 Å². The Kier molecular flexibility index (Phi) is 6.33. The lowest BCUT2D eigenvalue weighted by Gasteiger charge is -2.34. The summed E-state index contributed by atoms with van der Waals surface area (Å²) in [6, 6.07) is 12.3. The van der Waals surface area contributed by atoms with E-state index in [0.29, 0.717) is 23.1 Å². The van der Waals surface area contributed by atoms with E-state index in [4.69, 9.17) is 16.0 Å². The number of piperidine rings is 1. The van der Waals surface area contributed by atoms with Crippen LogP contribution < -0.4 is 14.8 Å². The lowest BCUT2D eigenvalue weighted by atomic mass is 10.1. The first-order chi connectivity index (χ1) is 17.1. The second-order valence-corrected chi connectivity index (χ2v) is 9.17. The number of ether oxygens (including phenoxy) is 2. The van der Waals surface area contributed by atoms with Crippen LogP contribution in [0.1, 0.15) is 37.2 Å². The van der Waals surface area contributed by atoms with Gasteiger partial charge in [0.2, 0.25) is 5.69 Å². The lowest BCUT2D eigenvalue weighted by Crippen LogP contribution is -2.37. The van der Waals surface area contributed by atoms with Crippen molar-refractivity contribution in [3.8, 4) is 11.5 Å². The smallest absolute Gasteiger partial charge is 0.228 e. The van der Waals surface area contributed by atoms with E-state index in [2.05, 4.69) is 51.4 Å². The summed E-state index contributed by atoms with van der Waals surface area (Å²) in [5, 5.41) is 4.34. The van der Waals surface area contributed by atoms with Gasteiger partial charge in [-0.2, -0.15) is 0 Å². The van der Waals surface area contributed by atoms with Gasteiger partial charge in [-0.15, -0.1) is 0 Å². The molecule has 2 aliphatic rings. The molecule has 1 saturated heterocycles. The number of likely N-dealkylation sites (tertiary alicyclic amines) is 1. The van der Waals surface area contributed by atoms with Crippen LogP contribution in [0.5, 0.6) is 11.5 Å². The van der Waals surface area contributed by atoms with Gasteiger partial charge in [-0.3, -0.25) is 4.98 Å². The predicted octanol–water partition coefficient (Wildman–Crippen LogP) is 6.96. The Balaban J connectivity index is 1.46. The van der Waals surface area contributed by atoms with Crippen LogP contribution in [-0.4, -0.2) is 36.2 Å². The van der Waals surface area contributed by atoms with E-state index in [1.165, 1.54) is 18.4 Å². The Bertz CT molecular complexity index is 1310. The molecule has 1 aliphatic carbocycles. The summed E-state index contributed by atoms with van der Waals surface area (Å²) in [5.41, 5.74) is 5.23. The van der Waals surface area contributed by atoms with E-state index in [0.717, 1.165) is 53.9 Å². The number of methoxy groups -OCH3 is 1. The predicted molar refractivity (Wildman–Crippen MR) is 141 cm³/mol. The number of allylic oxidation sites excluding steroid dienone is 1. The van der Waals surface area contributed by atoms with Crippen LogP contribution in [0.4, 0.5) is 17.1 Å². The van der Waals surface area contributed by atoms with Crippen molar-refractivity contribution in [1.82, 2.24) is 9.88 Å². The SMILES string of the molecule is [C-]#[N+]c1cnc2cc(OC)c(OC3CCN(C(=C)C=C)CC3)cc2c1Nc1cccc(C2CC2)c1. The highest BCUT2D eigenvalue weighted by molar-refractivity contribution is 6.01. The molecule has 35 heavy (non-hydrogen) atoms. The van der Waals surface area contributed by atoms with Gasteiger partial charge in [0.05, 0.1) is 24.9 Å². The topological polar surface area (TPSA) is 51.0 Å². The Labute approximate surface area is 206 Å². The third kappa shape index (κ3) is 4.81. The highest BCUT2D eigenvalue weighted by atomic mass is 16.5. The maximum absolute atomic E-state index is 7.72. The number of benzene rings is 2. The van der Waals surface area contributed by atoms with Crippen molar-refractivity contribution in [2.45, 2.75) is 37.7 Å². The molecule has 0 spiro atoms. The van der Waals surface area contributed by atoms with E-state index >= 15 is 0 Å². The molecule has 2 fully saturated rings. The maximum Gasteiger partial charge on any atom is 0.228 e. The number of hydrogen-bond donors (Lipinski definition) is 1. The molecule has 1 aliphatic heterocycles. The van der Waals surface area contributed by atoms with E-state index in [-0.39, 0.29) is 6.10 Å². The number of rotatable bonds is 8. The van der Waals surface area contributed by atoms with Crippen molar-refractivity contribution in [3.63, 3.8) is 0 Å². The highest BCUT2D eigenvalue weighted by Gasteiger charge is 2.24. The fraction of sp³-hybridized carbons (Fsp3) is 0.310. The van der Waals surface area contributed by atoms with E-state index in [1.807, 2.05) is 18.2 Å². The zero-order chi connectivity index (χ0) is 24.4. The summed E-state index contributed by atoms with van der Waals surface area (Å²) in [4.78, 5) is 10.5. The van der Waals surface area contributed by atoms with Gasteiger partial charge in [-0.25, -0.2) is 4.85 Å². The number of nitrogens with one attached hydrogen (secondary N) is 1. The normalized spacial score (nSPS) is 15.9. The number of aromatic nitrogens is 1. The monoisotopic (exact) mass is 466 g/mol. The van der Waals surface area contributed by atoms with Gasteiger partial charge < -0.3 is 19.7 Å². The Hall–Kier alpha value is -3.98. The second kappa shape index (κ2) is 9.71. The summed E-state index contributed by atoms with van der Waals surface area (Å²) in [6.07, 6.45) is 7.74. The Morgan fingerprint density at radius 2 is 1.97 bits per heavy atom. The molecule has 0 atom stereocenters. The minimum Gasteiger partial charge on any atom is -0.493 e. The number of anilines is 2. The third-order valence-corrected chi connectivity index (χ3v) is 6.84. The van der Waals surface area contributed by atoms with E-state index in [1.54, 1.807) is 19.4 Å². The number of pyridine rings is 1. The zero-order valence-corrected chi connectivity index (χ0v) is 20.1. The minimum absolute atomic E-state index is 0.0684. The molecule has 1 N–H and O–H groups in total. The van der Waals surface area contributed by atoms with Crippen LogP contribution in [0.3, 0.4) is 0 Å². The van der Waals surface area contributed by atoms with E-state index < -0.39 is 0 Å². The van der Waals surface area contributed by atoms with Crippen LogP contribution in [0.25, 0.3) is 15.7 Å². The van der Waals surface area contributed by atoms with Crippen molar-refractivity contribution in [3.05, 3.63) is 84.5 Å². The molecule has 0 amide bonds. The lowest BCUT2D eigenvalue weighted by molar-refractivity contribution is 0.116. The molecule has 178 valence electrons. The molecule has 6 nitrogen and oxygen atoms in total. The fourth-order valence-electron chi connectivity index (χ4n) is 4.66. The molecule has 0 radical (unpaired) electrons. The first-order valence-electron chi connectivity index (χ1n) is 12.1. The number of fused-ring (bicyclic) bond motifs is 1. The van der Waals surface area contributed by atoms with E-state index in [9.17, 15) is 0 Å². The molecule has 5 rings (SSSR count). The standard InChI is InChI=1S/C29H30N4O2/c1-5-19(2)33-13-11-23(12-14-33)35-28-16-24-25(17-27(28)34-4)31-18-26(30-3)29(24)32-22-8-6-7-21(15-22)20-9-10-20/h5-8,15-18,20,23H,1-2,9-14H2,4H3,(H,31,32). The number of hydrogen-bond acceptors (Lipinski definition) is 5. The summed E-state index contributed by atoms with van der Waals surface area (Å²) in [6.45, 7) is 17.3. The molecule has 3 aromatic rings. The summed E-state index contributed by atoms with van der Waals surface area (Å²) in [5.74, 6) is 1.96. The average molecular weight is 467 g/mol. The van der Waals surface area contributed by atoms with Crippen LogP contribution in [0, 0.1) is 6.57 Å². The van der Waals surface area contributed by atoms with Gasteiger partial charge in [-0.05, 0) is 48.6 Å². The first kappa shape index (κ1) is 22.8. The highest BCUT2D eigenvalue weighted by Crippen LogP contribution is 2.43. The second-order valence-electron chi connectivity index (χ2n) is 9.17. The molecule has 6 heteroatoms. The van der Waals surface area contributed by atoms with Gasteiger partial charge in [0, 0.05) is 55.0 Å². The molecule has 1 saturated carbocycles. The minimum atomic E-state index is 0.0684. The Morgan fingerprint density at radius 3 is 2.66 bits per heavy atom. The average Bonchev–Trinajstić information content (AvgIpc) is 3.74. The van der Waals surface area contributed by atoms with Gasteiger partial charge in [0.1, 0.15) is 6.10 Å². The van der Waals surface area contributed by atoms with Crippen molar-refractivity contribution >= 4 is 28.0 Å². The zero-order valence-electron chi connectivity index (χ0n) is 20.1. The van der Waals surface area contributed by atoms with Gasteiger partial charge >= 0.3 is 0 Å². The van der Waals surface area contributed by atoms with Crippen molar-refractivity contribution in [1.29, 1.82) is 0 Å². The molecular formula is C29H30N4O2. The molecule has 0 bridgehead atoms. The van der Waals surface area contributed by atoms with Crippen molar-refractivity contribution in [2.75, 3.05) is 25.5 Å². The Morgan fingerprint density at radius 1 is 1.17 bits per heavy atom. The van der Waals surface area contributed by atoms with Gasteiger partial charge in [-0.1, -0.05) is 25.3 Å².